The number of carbonyl (C=O) groups is 2. The maximum Gasteiger partial charge on any atom is 0.338 e. The lowest BCUT2D eigenvalue weighted by molar-refractivity contribution is -0.384. The molecule has 0 amide bonds. The highest BCUT2D eigenvalue weighted by Crippen LogP contribution is 2.33. The van der Waals surface area contributed by atoms with Crippen LogP contribution in [0.1, 0.15) is 20.7 Å². The number of rotatable bonds is 7. The van der Waals surface area contributed by atoms with Gasteiger partial charge in [-0.3, -0.25) is 10.1 Å². The van der Waals surface area contributed by atoms with Crippen molar-refractivity contribution in [2.75, 3.05) is 34.2 Å². The summed E-state index contributed by atoms with van der Waals surface area (Å²) in [6.07, 6.45) is 0. The molecule has 206 valence electrons. The summed E-state index contributed by atoms with van der Waals surface area (Å²) in [6, 6.07) is 23.9. The van der Waals surface area contributed by atoms with Crippen molar-refractivity contribution in [2.24, 2.45) is 0 Å². The predicted molar refractivity (Wildman–Crippen MR) is 151 cm³/mol. The topological polar surface area (TPSA) is 140 Å². The molecule has 4 aromatic carbocycles. The van der Waals surface area contributed by atoms with Crippen molar-refractivity contribution < 1.29 is 33.5 Å². The van der Waals surface area contributed by atoms with Gasteiger partial charge in [0.15, 0.2) is 0 Å². The summed E-state index contributed by atoms with van der Waals surface area (Å²) < 4.78 is 19.9. The van der Waals surface area contributed by atoms with Crippen molar-refractivity contribution in [1.29, 1.82) is 0 Å². The lowest BCUT2D eigenvalue weighted by atomic mass is 10.0. The van der Waals surface area contributed by atoms with E-state index in [-0.39, 0.29) is 11.3 Å². The molecule has 4 aromatic rings. The van der Waals surface area contributed by atoms with Gasteiger partial charge in [0.2, 0.25) is 0 Å². The molecule has 0 saturated carbocycles. The van der Waals surface area contributed by atoms with Gasteiger partial charge >= 0.3 is 11.9 Å². The van der Waals surface area contributed by atoms with Crippen molar-refractivity contribution in [3.8, 4) is 33.8 Å². The van der Waals surface area contributed by atoms with Gasteiger partial charge in [-0.1, -0.05) is 36.4 Å². The third-order valence-electron chi connectivity index (χ3n) is 5.76. The number of nitrogens with zero attached hydrogens (tertiary/aromatic N) is 1. The first-order valence-electron chi connectivity index (χ1n) is 11.9. The average molecular weight is 545 g/mol. The van der Waals surface area contributed by atoms with Gasteiger partial charge in [-0.05, 0) is 47.5 Å². The lowest BCUT2D eigenvalue weighted by Gasteiger charge is -2.10. The SMILES string of the molecule is COC(=O)c1cc(-c2ccccc2OC)cc([N+](=O)[O-])c1.COC(=O)c1cc(N)cc(-c2ccccc2OC)c1. The minimum Gasteiger partial charge on any atom is -0.496 e. The van der Waals surface area contributed by atoms with Gasteiger partial charge in [0.25, 0.3) is 5.69 Å². The molecule has 0 aliphatic heterocycles. The van der Waals surface area contributed by atoms with Crippen LogP contribution in [0.5, 0.6) is 11.5 Å². The zero-order valence-electron chi connectivity index (χ0n) is 22.4. The molecule has 0 aliphatic rings. The van der Waals surface area contributed by atoms with Gasteiger partial charge in [-0.25, -0.2) is 9.59 Å². The number of nitrogens with two attached hydrogens (primary N) is 1. The number of esters is 2. The average Bonchev–Trinajstić information content (AvgIpc) is 2.99. The van der Waals surface area contributed by atoms with Crippen LogP contribution in [0, 0.1) is 10.1 Å². The molecule has 0 unspecified atom stereocenters. The predicted octanol–water partition coefficient (Wildman–Crippen LogP) is 5.79. The van der Waals surface area contributed by atoms with E-state index in [1.807, 2.05) is 24.3 Å². The summed E-state index contributed by atoms with van der Waals surface area (Å²) in [4.78, 5) is 33.7. The second-order valence-electron chi connectivity index (χ2n) is 8.25. The molecule has 0 aromatic heterocycles. The van der Waals surface area contributed by atoms with Crippen LogP contribution in [0.3, 0.4) is 0 Å². The molecule has 4 rings (SSSR count). The quantitative estimate of drug-likeness (QED) is 0.132. The number of hydrogen-bond donors (Lipinski definition) is 1. The maximum absolute atomic E-state index is 11.7. The fourth-order valence-corrected chi connectivity index (χ4v) is 3.92. The van der Waals surface area contributed by atoms with Crippen molar-refractivity contribution in [2.45, 2.75) is 0 Å². The molecule has 0 fully saturated rings. The second kappa shape index (κ2) is 13.4. The molecule has 0 spiro atoms. The van der Waals surface area contributed by atoms with E-state index in [1.54, 1.807) is 49.6 Å². The number of non-ortho nitro benzene ring substituents is 1. The van der Waals surface area contributed by atoms with Gasteiger partial charge in [0.1, 0.15) is 11.5 Å². The van der Waals surface area contributed by atoms with Crippen molar-refractivity contribution in [1.82, 2.24) is 0 Å². The number of anilines is 1. The number of para-hydroxylation sites is 2. The first-order chi connectivity index (χ1) is 19.2. The van der Waals surface area contributed by atoms with Gasteiger partial charge in [-0.2, -0.15) is 0 Å². The number of ether oxygens (including phenoxy) is 4. The van der Waals surface area contributed by atoms with E-state index in [4.69, 9.17) is 19.9 Å². The molecular weight excluding hydrogens is 516 g/mol. The first kappa shape index (κ1) is 29.2. The van der Waals surface area contributed by atoms with E-state index in [1.165, 1.54) is 39.5 Å². The number of nitro benzene ring substituents is 1. The van der Waals surface area contributed by atoms with Crippen LogP contribution >= 0.6 is 0 Å². The fourth-order valence-electron chi connectivity index (χ4n) is 3.92. The van der Waals surface area contributed by atoms with E-state index < -0.39 is 16.9 Å². The zero-order chi connectivity index (χ0) is 29.2. The Morgan fingerprint density at radius 3 is 1.57 bits per heavy atom. The zero-order valence-corrected chi connectivity index (χ0v) is 22.4. The summed E-state index contributed by atoms with van der Waals surface area (Å²) in [5, 5.41) is 11.0. The van der Waals surface area contributed by atoms with E-state index in [2.05, 4.69) is 4.74 Å². The number of methoxy groups -OCH3 is 4. The van der Waals surface area contributed by atoms with Crippen LogP contribution in [-0.2, 0) is 9.47 Å². The van der Waals surface area contributed by atoms with E-state index in [9.17, 15) is 19.7 Å². The van der Waals surface area contributed by atoms with Crippen LogP contribution in [-0.4, -0.2) is 45.3 Å². The highest BCUT2D eigenvalue weighted by molar-refractivity contribution is 5.93. The third kappa shape index (κ3) is 6.93. The van der Waals surface area contributed by atoms with Crippen molar-refractivity contribution in [3.63, 3.8) is 0 Å². The molecule has 0 radical (unpaired) electrons. The highest BCUT2D eigenvalue weighted by Gasteiger charge is 2.17. The van der Waals surface area contributed by atoms with Gasteiger partial charge in [-0.15, -0.1) is 0 Å². The highest BCUT2D eigenvalue weighted by atomic mass is 16.6. The van der Waals surface area contributed by atoms with Crippen LogP contribution in [0.2, 0.25) is 0 Å². The van der Waals surface area contributed by atoms with E-state index >= 15 is 0 Å². The Labute approximate surface area is 231 Å². The summed E-state index contributed by atoms with van der Waals surface area (Å²) in [6.45, 7) is 0. The van der Waals surface area contributed by atoms with Crippen LogP contribution < -0.4 is 15.2 Å². The summed E-state index contributed by atoms with van der Waals surface area (Å²) >= 11 is 0. The van der Waals surface area contributed by atoms with Crippen molar-refractivity contribution in [3.05, 3.63) is 106 Å². The molecule has 0 bridgehead atoms. The first-order valence-corrected chi connectivity index (χ1v) is 11.9. The molecule has 2 N–H and O–H groups in total. The molecule has 0 aliphatic carbocycles. The largest absolute Gasteiger partial charge is 0.496 e. The summed E-state index contributed by atoms with van der Waals surface area (Å²) in [7, 11) is 5.68. The number of benzene rings is 4. The Bertz CT molecular complexity index is 1530. The van der Waals surface area contributed by atoms with Crippen molar-refractivity contribution >= 4 is 23.3 Å². The second-order valence-corrected chi connectivity index (χ2v) is 8.25. The number of carbonyl (C=O) groups excluding carboxylic acids is 2. The number of nitrogen functional groups attached to an aromatic ring is 1. The Kier molecular flexibility index (Phi) is 9.79. The normalized spacial score (nSPS) is 10.0. The summed E-state index contributed by atoms with van der Waals surface area (Å²) in [5.41, 5.74) is 9.56. The Morgan fingerprint density at radius 1 is 0.675 bits per heavy atom. The maximum atomic E-state index is 11.7. The van der Waals surface area contributed by atoms with Crippen LogP contribution in [0.25, 0.3) is 22.3 Å². The monoisotopic (exact) mass is 544 g/mol. The molecule has 40 heavy (non-hydrogen) atoms. The Balaban J connectivity index is 0.000000222. The van der Waals surface area contributed by atoms with E-state index in [0.29, 0.717) is 28.1 Å². The molecule has 10 heteroatoms. The van der Waals surface area contributed by atoms with Gasteiger partial charge < -0.3 is 24.7 Å². The third-order valence-corrected chi connectivity index (χ3v) is 5.76. The Morgan fingerprint density at radius 2 is 1.12 bits per heavy atom. The molecule has 0 heterocycles. The van der Waals surface area contributed by atoms with E-state index in [0.717, 1.165) is 16.9 Å². The van der Waals surface area contributed by atoms with Crippen LogP contribution in [0.15, 0.2) is 84.9 Å². The van der Waals surface area contributed by atoms with Gasteiger partial charge in [0, 0.05) is 28.9 Å². The smallest absolute Gasteiger partial charge is 0.338 e. The number of hydrogen-bond acceptors (Lipinski definition) is 9. The molecular formula is C30H28N2O8. The molecule has 0 atom stereocenters. The Hall–Kier alpha value is -5.38. The van der Waals surface area contributed by atoms with Gasteiger partial charge in [0.05, 0.1) is 44.5 Å². The number of nitro groups is 1. The standard InChI is InChI=1S/C15H13NO5.C15H15NO3/c1-20-14-6-4-3-5-13(14)10-7-11(15(17)21-2)9-12(8-10)16(18)19;1-18-14-6-4-3-5-13(14)10-7-11(15(17)19-2)9-12(16)8-10/h3-9H,1-2H3;3-9H,16H2,1-2H3. The molecule has 10 nitrogen and oxygen atoms in total. The molecule has 0 saturated heterocycles. The fraction of sp³-hybridized carbons (Fsp3) is 0.133. The lowest BCUT2D eigenvalue weighted by Crippen LogP contribution is -2.03. The minimum atomic E-state index is -0.630. The summed E-state index contributed by atoms with van der Waals surface area (Å²) in [5.74, 6) is 0.246. The van der Waals surface area contributed by atoms with Crippen LogP contribution in [0.4, 0.5) is 11.4 Å². The minimum absolute atomic E-state index is 0.118.